The zero-order valence-corrected chi connectivity index (χ0v) is 12.0. The Kier molecular flexibility index (Phi) is 3.32. The van der Waals surface area contributed by atoms with Crippen LogP contribution in [0.2, 0.25) is 0 Å². The second-order valence-corrected chi connectivity index (χ2v) is 6.89. The van der Waals surface area contributed by atoms with Crippen LogP contribution >= 0.6 is 27.7 Å². The zero-order chi connectivity index (χ0) is 12.6. The van der Waals surface area contributed by atoms with E-state index in [9.17, 15) is 9.59 Å². The first-order valence-electron chi connectivity index (χ1n) is 5.19. The summed E-state index contributed by atoms with van der Waals surface area (Å²) in [6.45, 7) is 3.89. The maximum atomic E-state index is 12.0. The van der Waals surface area contributed by atoms with E-state index in [0.717, 1.165) is 21.8 Å². The summed E-state index contributed by atoms with van der Waals surface area (Å²) < 4.78 is 0.310. The molecule has 0 aliphatic carbocycles. The van der Waals surface area contributed by atoms with Gasteiger partial charge in [-0.2, -0.15) is 0 Å². The van der Waals surface area contributed by atoms with Crippen molar-refractivity contribution < 1.29 is 9.59 Å². The minimum absolute atomic E-state index is 0.118. The van der Waals surface area contributed by atoms with Gasteiger partial charge in [0.15, 0.2) is 0 Å². The number of hydrogen-bond donors (Lipinski definition) is 0. The first-order valence-corrected chi connectivity index (χ1v) is 6.80. The van der Waals surface area contributed by atoms with E-state index in [2.05, 4.69) is 15.9 Å². The largest absolute Gasteiger partial charge is 0.289 e. The smallest absolute Gasteiger partial charge is 0.273 e. The van der Waals surface area contributed by atoms with Crippen LogP contribution in [0.1, 0.15) is 19.4 Å². The molecule has 5 heteroatoms. The van der Waals surface area contributed by atoms with E-state index in [0.29, 0.717) is 6.54 Å². The van der Waals surface area contributed by atoms with Gasteiger partial charge >= 0.3 is 0 Å². The van der Waals surface area contributed by atoms with Crippen LogP contribution < -0.4 is 0 Å². The van der Waals surface area contributed by atoms with Gasteiger partial charge in [-0.25, -0.2) is 0 Å². The molecule has 17 heavy (non-hydrogen) atoms. The Bertz CT molecular complexity index is 487. The van der Waals surface area contributed by atoms with Gasteiger partial charge in [-0.1, -0.05) is 28.1 Å². The Morgan fingerprint density at radius 2 is 2.06 bits per heavy atom. The maximum absolute atomic E-state index is 12.0. The van der Waals surface area contributed by atoms with Crippen LogP contribution in [0, 0.1) is 0 Å². The second-order valence-electron chi connectivity index (χ2n) is 4.40. The molecule has 0 aromatic heterocycles. The molecule has 0 bridgehead atoms. The van der Waals surface area contributed by atoms with Gasteiger partial charge in [-0.3, -0.25) is 14.5 Å². The van der Waals surface area contributed by atoms with Crippen molar-refractivity contribution in [2.45, 2.75) is 25.1 Å². The summed E-state index contributed by atoms with van der Waals surface area (Å²) in [5.74, 6) is -0.118. The van der Waals surface area contributed by atoms with Crippen molar-refractivity contribution in [2.75, 3.05) is 0 Å². The third-order valence-electron chi connectivity index (χ3n) is 2.55. The quantitative estimate of drug-likeness (QED) is 0.839. The van der Waals surface area contributed by atoms with Gasteiger partial charge in [0.2, 0.25) is 5.91 Å². The second kappa shape index (κ2) is 4.46. The lowest BCUT2D eigenvalue weighted by Crippen LogP contribution is -2.35. The molecular formula is C12H12BrNO2S. The molecule has 2 rings (SSSR count). The number of halogens is 1. The molecule has 1 fully saturated rings. The van der Waals surface area contributed by atoms with Gasteiger partial charge in [0.25, 0.3) is 5.24 Å². The Morgan fingerprint density at radius 1 is 1.35 bits per heavy atom. The Balaban J connectivity index is 2.20. The number of carbonyl (C=O) groups is 2. The summed E-state index contributed by atoms with van der Waals surface area (Å²) in [6, 6.07) is 7.62. The third kappa shape index (κ3) is 2.55. The first kappa shape index (κ1) is 12.6. The van der Waals surface area contributed by atoms with Crippen LogP contribution in [-0.2, 0) is 11.3 Å². The van der Waals surface area contributed by atoms with Crippen LogP contribution in [0.4, 0.5) is 4.79 Å². The zero-order valence-electron chi connectivity index (χ0n) is 9.57. The molecule has 90 valence electrons. The van der Waals surface area contributed by atoms with Gasteiger partial charge < -0.3 is 0 Å². The van der Waals surface area contributed by atoms with E-state index in [-0.39, 0.29) is 11.1 Å². The van der Waals surface area contributed by atoms with Crippen molar-refractivity contribution >= 4 is 38.8 Å². The number of carbonyl (C=O) groups excluding carboxylic acids is 2. The van der Waals surface area contributed by atoms with Crippen molar-refractivity contribution in [1.29, 1.82) is 0 Å². The highest BCUT2D eigenvalue weighted by molar-refractivity contribution is 9.10. The number of thioether (sulfide) groups is 1. The van der Waals surface area contributed by atoms with Crippen molar-refractivity contribution in [3.63, 3.8) is 0 Å². The maximum Gasteiger partial charge on any atom is 0.289 e. The first-order chi connectivity index (χ1) is 7.90. The SMILES string of the molecule is CC1(C)SC(=O)N(Cc2cccc(Br)c2)C1=O. The summed E-state index contributed by atoms with van der Waals surface area (Å²) in [5.41, 5.74) is 0.944. The summed E-state index contributed by atoms with van der Waals surface area (Å²) in [4.78, 5) is 25.1. The van der Waals surface area contributed by atoms with E-state index < -0.39 is 4.75 Å². The summed E-state index contributed by atoms with van der Waals surface area (Å²) in [5, 5.41) is -0.167. The van der Waals surface area contributed by atoms with Crippen molar-refractivity contribution in [3.8, 4) is 0 Å². The van der Waals surface area contributed by atoms with E-state index >= 15 is 0 Å². The molecule has 0 N–H and O–H groups in total. The number of hydrogen-bond acceptors (Lipinski definition) is 3. The average molecular weight is 314 g/mol. The van der Waals surface area contributed by atoms with Crippen LogP contribution in [0.25, 0.3) is 0 Å². The van der Waals surface area contributed by atoms with Crippen LogP contribution in [0.15, 0.2) is 28.7 Å². The van der Waals surface area contributed by atoms with Gasteiger partial charge in [0, 0.05) is 4.47 Å². The number of rotatable bonds is 2. The number of benzene rings is 1. The molecule has 1 aromatic carbocycles. The fourth-order valence-corrected chi connectivity index (χ4v) is 3.02. The van der Waals surface area contributed by atoms with Gasteiger partial charge in [0.05, 0.1) is 11.3 Å². The fourth-order valence-electron chi connectivity index (χ4n) is 1.68. The van der Waals surface area contributed by atoms with Crippen molar-refractivity contribution in [1.82, 2.24) is 4.90 Å². The average Bonchev–Trinajstić information content (AvgIpc) is 2.41. The Hall–Kier alpha value is -0.810. The number of amides is 2. The predicted molar refractivity (Wildman–Crippen MR) is 71.8 cm³/mol. The predicted octanol–water partition coefficient (Wildman–Crippen LogP) is 3.42. The Labute approximate surface area is 113 Å². The monoisotopic (exact) mass is 313 g/mol. The molecule has 1 aliphatic rings. The van der Waals surface area contributed by atoms with E-state index in [4.69, 9.17) is 0 Å². The Morgan fingerprint density at radius 3 is 2.59 bits per heavy atom. The lowest BCUT2D eigenvalue weighted by molar-refractivity contribution is -0.129. The standard InChI is InChI=1S/C12H12BrNO2S/c1-12(2)10(15)14(11(16)17-12)7-8-4-3-5-9(13)6-8/h3-6H,7H2,1-2H3. The molecule has 0 spiro atoms. The van der Waals surface area contributed by atoms with Crippen LogP contribution in [0.3, 0.4) is 0 Å². The topological polar surface area (TPSA) is 37.4 Å². The highest BCUT2D eigenvalue weighted by Crippen LogP contribution is 2.37. The molecule has 1 saturated heterocycles. The lowest BCUT2D eigenvalue weighted by atomic mass is 10.1. The van der Waals surface area contributed by atoms with Crippen LogP contribution in [0.5, 0.6) is 0 Å². The van der Waals surface area contributed by atoms with E-state index in [1.807, 2.05) is 24.3 Å². The number of imide groups is 1. The molecule has 3 nitrogen and oxygen atoms in total. The fraction of sp³-hybridized carbons (Fsp3) is 0.333. The highest BCUT2D eigenvalue weighted by Gasteiger charge is 2.45. The summed E-state index contributed by atoms with van der Waals surface area (Å²) >= 11 is 4.46. The van der Waals surface area contributed by atoms with Gasteiger partial charge in [-0.05, 0) is 43.3 Å². The highest BCUT2D eigenvalue weighted by atomic mass is 79.9. The normalized spacial score (nSPS) is 18.9. The molecule has 0 radical (unpaired) electrons. The van der Waals surface area contributed by atoms with Crippen molar-refractivity contribution in [3.05, 3.63) is 34.3 Å². The summed E-state index contributed by atoms with van der Waals surface area (Å²) in [6.07, 6.45) is 0. The minimum Gasteiger partial charge on any atom is -0.273 e. The van der Waals surface area contributed by atoms with Gasteiger partial charge in [0.1, 0.15) is 0 Å². The molecular weight excluding hydrogens is 302 g/mol. The van der Waals surface area contributed by atoms with Crippen LogP contribution in [-0.4, -0.2) is 20.8 Å². The molecule has 1 heterocycles. The van der Waals surface area contributed by atoms with Gasteiger partial charge in [-0.15, -0.1) is 0 Å². The van der Waals surface area contributed by atoms with Crippen molar-refractivity contribution in [2.24, 2.45) is 0 Å². The van der Waals surface area contributed by atoms with E-state index in [1.54, 1.807) is 13.8 Å². The molecule has 1 aliphatic heterocycles. The summed E-state index contributed by atoms with van der Waals surface area (Å²) in [7, 11) is 0. The number of nitrogens with zero attached hydrogens (tertiary/aromatic N) is 1. The van der Waals surface area contributed by atoms with E-state index in [1.165, 1.54) is 4.90 Å². The molecule has 0 atom stereocenters. The third-order valence-corrected chi connectivity index (χ3v) is 4.13. The molecule has 0 unspecified atom stereocenters. The molecule has 2 amide bonds. The lowest BCUT2D eigenvalue weighted by Gasteiger charge is -2.16. The molecule has 1 aromatic rings. The minimum atomic E-state index is -0.636. The molecule has 0 saturated carbocycles.